The maximum absolute atomic E-state index is 14.6. The van der Waals surface area contributed by atoms with Crippen LogP contribution in [0, 0.1) is 5.82 Å². The highest BCUT2D eigenvalue weighted by molar-refractivity contribution is 5.94. The van der Waals surface area contributed by atoms with E-state index in [1.165, 1.54) is 43.7 Å². The van der Waals surface area contributed by atoms with Crippen molar-refractivity contribution < 1.29 is 18.7 Å². The summed E-state index contributed by atoms with van der Waals surface area (Å²) in [6.45, 7) is 3.71. The van der Waals surface area contributed by atoms with E-state index in [1.54, 1.807) is 0 Å². The van der Waals surface area contributed by atoms with Crippen molar-refractivity contribution in [3.05, 3.63) is 65.7 Å². The number of anilines is 3. The van der Waals surface area contributed by atoms with Gasteiger partial charge in [0.25, 0.3) is 5.91 Å². The molecule has 0 unspecified atom stereocenters. The van der Waals surface area contributed by atoms with Crippen LogP contribution in [0.1, 0.15) is 15.9 Å². The summed E-state index contributed by atoms with van der Waals surface area (Å²) in [6, 6.07) is 10.6. The number of ether oxygens (including phenoxy) is 2. The number of carbonyl (C=O) groups is 1. The first kappa shape index (κ1) is 24.2. The van der Waals surface area contributed by atoms with Crippen molar-refractivity contribution in [1.82, 2.24) is 20.6 Å². The van der Waals surface area contributed by atoms with Gasteiger partial charge in [0.2, 0.25) is 5.95 Å². The SMILES string of the molecule is CNC(=O)c1cc(COc2cnc(N(N)c3ccc(N4CCNCC4)cc3)nc2)c(F)c(OC)c1. The molecule has 184 valence electrons. The maximum atomic E-state index is 14.6. The topological polar surface area (TPSA) is 118 Å². The fourth-order valence-electron chi connectivity index (χ4n) is 3.72. The van der Waals surface area contributed by atoms with Gasteiger partial charge in [-0.3, -0.25) is 4.79 Å². The first-order valence-electron chi connectivity index (χ1n) is 11.1. The molecule has 1 aliphatic heterocycles. The molecule has 2 heterocycles. The molecule has 35 heavy (non-hydrogen) atoms. The molecule has 3 aromatic rings. The molecular weight excluding hydrogens is 453 g/mol. The molecular formula is C24H28FN7O3. The summed E-state index contributed by atoms with van der Waals surface area (Å²) in [4.78, 5) is 22.8. The highest BCUT2D eigenvalue weighted by atomic mass is 19.1. The second-order valence-corrected chi connectivity index (χ2v) is 7.86. The Labute approximate surface area is 202 Å². The molecule has 0 spiro atoms. The molecule has 0 atom stereocenters. The van der Waals surface area contributed by atoms with E-state index < -0.39 is 5.82 Å². The van der Waals surface area contributed by atoms with E-state index in [1.807, 2.05) is 24.3 Å². The van der Waals surface area contributed by atoms with E-state index in [4.69, 9.17) is 15.3 Å². The molecule has 0 bridgehead atoms. The van der Waals surface area contributed by atoms with Gasteiger partial charge in [0, 0.05) is 50.0 Å². The summed E-state index contributed by atoms with van der Waals surface area (Å²) in [6.07, 6.45) is 2.91. The van der Waals surface area contributed by atoms with Gasteiger partial charge < -0.3 is 25.0 Å². The van der Waals surface area contributed by atoms with E-state index in [0.717, 1.165) is 37.6 Å². The Morgan fingerprint density at radius 1 is 1.20 bits per heavy atom. The number of nitrogens with two attached hydrogens (primary N) is 1. The second-order valence-electron chi connectivity index (χ2n) is 7.86. The highest BCUT2D eigenvalue weighted by Crippen LogP contribution is 2.26. The number of hydrogen-bond donors (Lipinski definition) is 3. The number of benzene rings is 2. The minimum absolute atomic E-state index is 0.0435. The first-order chi connectivity index (χ1) is 17.0. The lowest BCUT2D eigenvalue weighted by atomic mass is 10.1. The quantitative estimate of drug-likeness (QED) is 0.328. The first-order valence-corrected chi connectivity index (χ1v) is 11.1. The Hall–Kier alpha value is -3.96. The van der Waals surface area contributed by atoms with Crippen LogP contribution < -0.4 is 35.9 Å². The average molecular weight is 482 g/mol. The fraction of sp³-hybridized carbons (Fsp3) is 0.292. The van der Waals surface area contributed by atoms with Gasteiger partial charge in [-0.05, 0) is 36.4 Å². The van der Waals surface area contributed by atoms with Crippen LogP contribution in [0.5, 0.6) is 11.5 Å². The molecule has 0 aliphatic carbocycles. The van der Waals surface area contributed by atoms with Gasteiger partial charge in [0.05, 0.1) is 25.2 Å². The van der Waals surface area contributed by atoms with Crippen molar-refractivity contribution in [3.8, 4) is 11.5 Å². The Morgan fingerprint density at radius 3 is 2.51 bits per heavy atom. The number of hydrazine groups is 1. The predicted octanol–water partition coefficient (Wildman–Crippen LogP) is 1.98. The van der Waals surface area contributed by atoms with Crippen LogP contribution in [0.25, 0.3) is 0 Å². The minimum Gasteiger partial charge on any atom is -0.494 e. The van der Waals surface area contributed by atoms with Crippen molar-refractivity contribution in [2.45, 2.75) is 6.61 Å². The average Bonchev–Trinajstić information content (AvgIpc) is 2.92. The smallest absolute Gasteiger partial charge is 0.251 e. The molecule has 4 N–H and O–H groups in total. The summed E-state index contributed by atoms with van der Waals surface area (Å²) in [5.74, 6) is 5.81. The van der Waals surface area contributed by atoms with E-state index in [9.17, 15) is 9.18 Å². The van der Waals surface area contributed by atoms with Gasteiger partial charge >= 0.3 is 0 Å². The number of amides is 1. The number of nitrogens with one attached hydrogen (secondary N) is 2. The van der Waals surface area contributed by atoms with Crippen LogP contribution in [0.15, 0.2) is 48.8 Å². The molecule has 1 amide bonds. The number of hydrogen-bond acceptors (Lipinski definition) is 9. The molecule has 1 fully saturated rings. The maximum Gasteiger partial charge on any atom is 0.251 e. The van der Waals surface area contributed by atoms with Gasteiger partial charge in [-0.1, -0.05) is 0 Å². The molecule has 2 aromatic carbocycles. The lowest BCUT2D eigenvalue weighted by molar-refractivity contribution is 0.0962. The zero-order valence-corrected chi connectivity index (χ0v) is 19.6. The number of rotatable bonds is 8. The number of piperazine rings is 1. The highest BCUT2D eigenvalue weighted by Gasteiger charge is 2.16. The van der Waals surface area contributed by atoms with Crippen LogP contribution in [0.4, 0.5) is 21.7 Å². The van der Waals surface area contributed by atoms with Crippen molar-refractivity contribution >= 4 is 23.2 Å². The summed E-state index contributed by atoms with van der Waals surface area (Å²) in [5.41, 5.74) is 2.30. The zero-order chi connectivity index (χ0) is 24.8. The van der Waals surface area contributed by atoms with Crippen molar-refractivity contribution in [2.24, 2.45) is 5.84 Å². The monoisotopic (exact) mass is 481 g/mol. The fourth-order valence-corrected chi connectivity index (χ4v) is 3.72. The summed E-state index contributed by atoms with van der Waals surface area (Å²) < 4.78 is 25.3. The van der Waals surface area contributed by atoms with Crippen LogP contribution in [0.2, 0.25) is 0 Å². The van der Waals surface area contributed by atoms with Gasteiger partial charge in [0.1, 0.15) is 6.61 Å². The van der Waals surface area contributed by atoms with E-state index in [-0.39, 0.29) is 35.3 Å². The van der Waals surface area contributed by atoms with Gasteiger partial charge in [-0.25, -0.2) is 25.2 Å². The van der Waals surface area contributed by atoms with Crippen molar-refractivity contribution in [3.63, 3.8) is 0 Å². The third-order valence-corrected chi connectivity index (χ3v) is 5.66. The summed E-state index contributed by atoms with van der Waals surface area (Å²) in [5, 5.41) is 7.22. The van der Waals surface area contributed by atoms with Crippen LogP contribution in [-0.2, 0) is 6.61 Å². The van der Waals surface area contributed by atoms with Gasteiger partial charge in [0.15, 0.2) is 17.3 Å². The standard InChI is InChI=1S/C24H28FN7O3/c1-27-23(33)16-11-17(22(25)21(12-16)34-2)15-35-20-13-29-24(30-14-20)32(26)19-5-3-18(4-6-19)31-9-7-28-8-10-31/h3-6,11-14,28H,7-10,15,26H2,1-2H3,(H,27,33). The zero-order valence-electron chi connectivity index (χ0n) is 19.6. The normalized spacial score (nSPS) is 13.3. The Kier molecular flexibility index (Phi) is 7.58. The second kappa shape index (κ2) is 11.0. The van der Waals surface area contributed by atoms with Crippen LogP contribution >= 0.6 is 0 Å². The van der Waals surface area contributed by atoms with Gasteiger partial charge in [-0.15, -0.1) is 0 Å². The largest absolute Gasteiger partial charge is 0.494 e. The van der Waals surface area contributed by atoms with Crippen LogP contribution in [0.3, 0.4) is 0 Å². The minimum atomic E-state index is -0.602. The summed E-state index contributed by atoms with van der Waals surface area (Å²) in [7, 11) is 2.83. The molecule has 1 saturated heterocycles. The van der Waals surface area contributed by atoms with Crippen molar-refractivity contribution in [1.29, 1.82) is 0 Å². The lowest BCUT2D eigenvalue weighted by Gasteiger charge is -2.29. The van der Waals surface area contributed by atoms with E-state index in [0.29, 0.717) is 5.75 Å². The molecule has 1 aromatic heterocycles. The lowest BCUT2D eigenvalue weighted by Crippen LogP contribution is -2.43. The van der Waals surface area contributed by atoms with Crippen LogP contribution in [-0.4, -0.2) is 56.2 Å². The molecule has 11 heteroatoms. The third kappa shape index (κ3) is 5.58. The number of carbonyl (C=O) groups excluding carboxylic acids is 1. The molecule has 0 radical (unpaired) electrons. The number of methoxy groups -OCH3 is 1. The molecule has 0 saturated carbocycles. The van der Waals surface area contributed by atoms with E-state index in [2.05, 4.69) is 25.5 Å². The predicted molar refractivity (Wildman–Crippen MR) is 131 cm³/mol. The number of aromatic nitrogens is 2. The summed E-state index contributed by atoms with van der Waals surface area (Å²) >= 11 is 0. The van der Waals surface area contributed by atoms with Crippen molar-refractivity contribution in [2.75, 3.05) is 50.2 Å². The van der Waals surface area contributed by atoms with Gasteiger partial charge in [-0.2, -0.15) is 0 Å². The Morgan fingerprint density at radius 2 is 1.89 bits per heavy atom. The van der Waals surface area contributed by atoms with E-state index >= 15 is 0 Å². The molecule has 1 aliphatic rings. The molecule has 4 rings (SSSR count). The Balaban J connectivity index is 1.41. The third-order valence-electron chi connectivity index (χ3n) is 5.66. The number of nitrogens with zero attached hydrogens (tertiary/aromatic N) is 4. The molecule has 10 nitrogen and oxygen atoms in total. The number of halogens is 1. The Bertz CT molecular complexity index is 1150.